The molecule has 1 aliphatic rings. The summed E-state index contributed by atoms with van der Waals surface area (Å²) in [6.07, 6.45) is 7.02. The maximum absolute atomic E-state index is 12.9. The second-order valence-corrected chi connectivity index (χ2v) is 8.86. The molecule has 1 aliphatic heterocycles. The molecule has 0 aliphatic carbocycles. The Bertz CT molecular complexity index is 1360. The van der Waals surface area contributed by atoms with E-state index in [0.717, 1.165) is 48.7 Å². The van der Waals surface area contributed by atoms with Crippen LogP contribution in [0.15, 0.2) is 60.8 Å². The lowest BCUT2D eigenvalue weighted by molar-refractivity contribution is -0.384. The number of hydrogen-bond donors (Lipinski definition) is 1. The summed E-state index contributed by atoms with van der Waals surface area (Å²) in [4.78, 5) is 23.5. The maximum atomic E-state index is 12.9. The molecule has 0 atom stereocenters. The zero-order chi connectivity index (χ0) is 24.9. The fourth-order valence-electron chi connectivity index (χ4n) is 4.52. The lowest BCUT2D eigenvalue weighted by Crippen LogP contribution is -2.28. The molecule has 0 spiro atoms. The predicted octanol–water partition coefficient (Wildman–Crippen LogP) is 3.67. The number of aryl methyl sites for hydroxylation is 1. The highest BCUT2D eigenvalue weighted by Gasteiger charge is 2.18. The number of carbonyl (C=O) groups is 1. The van der Waals surface area contributed by atoms with E-state index in [1.165, 1.54) is 18.6 Å². The Morgan fingerprint density at radius 3 is 2.61 bits per heavy atom. The Hall–Kier alpha value is -4.34. The molecule has 1 N–H and O–H groups in total. The summed E-state index contributed by atoms with van der Waals surface area (Å²) < 4.78 is 3.92. The molecule has 4 aromatic rings. The van der Waals surface area contributed by atoms with Gasteiger partial charge in [0, 0.05) is 55.4 Å². The number of para-hydroxylation sites is 1. The zero-order valence-electron chi connectivity index (χ0n) is 19.8. The molecular formula is C26H27N7O3. The number of non-ortho nitro benzene ring substituents is 1. The lowest BCUT2D eigenvalue weighted by Gasteiger charge is -2.08. The van der Waals surface area contributed by atoms with Crippen LogP contribution in [-0.4, -0.2) is 41.9 Å². The van der Waals surface area contributed by atoms with E-state index in [4.69, 9.17) is 5.10 Å². The molecule has 2 aromatic carbocycles. The van der Waals surface area contributed by atoms with Gasteiger partial charge < -0.3 is 9.88 Å². The van der Waals surface area contributed by atoms with Crippen molar-refractivity contribution in [3.05, 3.63) is 88.1 Å². The number of aromatic nitrogens is 5. The van der Waals surface area contributed by atoms with Gasteiger partial charge in [-0.15, -0.1) is 10.2 Å². The van der Waals surface area contributed by atoms with Crippen molar-refractivity contribution in [2.75, 3.05) is 6.54 Å². The summed E-state index contributed by atoms with van der Waals surface area (Å²) in [6, 6.07) is 15.8. The Balaban J connectivity index is 1.31. The van der Waals surface area contributed by atoms with Crippen LogP contribution in [0.1, 0.15) is 36.5 Å². The molecule has 10 nitrogen and oxygen atoms in total. The van der Waals surface area contributed by atoms with Gasteiger partial charge in [0.1, 0.15) is 11.6 Å². The maximum Gasteiger partial charge on any atom is 0.269 e. The first-order valence-electron chi connectivity index (χ1n) is 12.1. The SMILES string of the molecule is O=C(Cc1cn(-c2ccccc2)nc1-c1ccc([N+](=O)[O-])cc1)NCCc1nnc2n1CCCCC2. The summed E-state index contributed by atoms with van der Waals surface area (Å²) in [5.41, 5.74) is 2.93. The average Bonchev–Trinajstić information content (AvgIpc) is 3.40. The van der Waals surface area contributed by atoms with E-state index >= 15 is 0 Å². The van der Waals surface area contributed by atoms with E-state index in [2.05, 4.69) is 20.1 Å². The quantitative estimate of drug-likeness (QED) is 0.300. The van der Waals surface area contributed by atoms with Crippen LogP contribution in [0.2, 0.25) is 0 Å². The predicted molar refractivity (Wildman–Crippen MR) is 134 cm³/mol. The topological polar surface area (TPSA) is 121 Å². The first-order valence-corrected chi connectivity index (χ1v) is 12.1. The highest BCUT2D eigenvalue weighted by Crippen LogP contribution is 2.26. The number of nitro benzene ring substituents is 1. The Labute approximate surface area is 208 Å². The third kappa shape index (κ3) is 5.17. The van der Waals surface area contributed by atoms with Gasteiger partial charge in [0.05, 0.1) is 22.7 Å². The Morgan fingerprint density at radius 1 is 1.03 bits per heavy atom. The lowest BCUT2D eigenvalue weighted by atomic mass is 10.1. The van der Waals surface area contributed by atoms with Crippen molar-refractivity contribution in [2.24, 2.45) is 0 Å². The molecule has 36 heavy (non-hydrogen) atoms. The average molecular weight is 486 g/mol. The number of rotatable bonds is 8. The van der Waals surface area contributed by atoms with Gasteiger partial charge in [-0.05, 0) is 37.1 Å². The first-order chi connectivity index (χ1) is 17.6. The Morgan fingerprint density at radius 2 is 1.83 bits per heavy atom. The number of fused-ring (bicyclic) bond motifs is 1. The van der Waals surface area contributed by atoms with E-state index in [1.807, 2.05) is 36.5 Å². The van der Waals surface area contributed by atoms with Crippen molar-refractivity contribution in [3.63, 3.8) is 0 Å². The van der Waals surface area contributed by atoms with E-state index < -0.39 is 4.92 Å². The molecular weight excluding hydrogens is 458 g/mol. The number of nitrogens with one attached hydrogen (secondary N) is 1. The molecule has 5 rings (SSSR count). The largest absolute Gasteiger partial charge is 0.355 e. The molecule has 0 bridgehead atoms. The minimum atomic E-state index is -0.436. The van der Waals surface area contributed by atoms with E-state index in [0.29, 0.717) is 24.2 Å². The van der Waals surface area contributed by atoms with Gasteiger partial charge in [-0.25, -0.2) is 4.68 Å². The van der Waals surface area contributed by atoms with Crippen LogP contribution in [-0.2, 0) is 30.6 Å². The van der Waals surface area contributed by atoms with Crippen molar-refractivity contribution in [1.82, 2.24) is 29.9 Å². The van der Waals surface area contributed by atoms with Gasteiger partial charge in [0.2, 0.25) is 5.91 Å². The number of carbonyl (C=O) groups excluding carboxylic acids is 1. The van der Waals surface area contributed by atoms with Crippen LogP contribution in [0.4, 0.5) is 5.69 Å². The van der Waals surface area contributed by atoms with Crippen molar-refractivity contribution >= 4 is 11.6 Å². The van der Waals surface area contributed by atoms with Crippen LogP contribution in [0.5, 0.6) is 0 Å². The summed E-state index contributed by atoms with van der Waals surface area (Å²) >= 11 is 0. The number of hydrogen-bond acceptors (Lipinski definition) is 6. The molecule has 0 radical (unpaired) electrons. The second-order valence-electron chi connectivity index (χ2n) is 8.86. The zero-order valence-corrected chi connectivity index (χ0v) is 19.8. The molecule has 3 heterocycles. The van der Waals surface area contributed by atoms with Crippen LogP contribution in [0.3, 0.4) is 0 Å². The van der Waals surface area contributed by atoms with Crippen molar-refractivity contribution < 1.29 is 9.72 Å². The van der Waals surface area contributed by atoms with Crippen LogP contribution in [0.25, 0.3) is 16.9 Å². The normalized spacial score (nSPS) is 13.1. The summed E-state index contributed by atoms with van der Waals surface area (Å²) in [5.74, 6) is 1.83. The van der Waals surface area contributed by atoms with Gasteiger partial charge in [0.25, 0.3) is 5.69 Å². The van der Waals surface area contributed by atoms with Gasteiger partial charge in [0.15, 0.2) is 0 Å². The number of benzene rings is 2. The van der Waals surface area contributed by atoms with Crippen LogP contribution < -0.4 is 5.32 Å². The van der Waals surface area contributed by atoms with Crippen molar-refractivity contribution in [3.8, 4) is 16.9 Å². The third-order valence-corrected chi connectivity index (χ3v) is 6.37. The first kappa shape index (κ1) is 23.4. The molecule has 184 valence electrons. The minimum Gasteiger partial charge on any atom is -0.355 e. The smallest absolute Gasteiger partial charge is 0.269 e. The molecule has 0 saturated heterocycles. The van der Waals surface area contributed by atoms with Gasteiger partial charge in [-0.3, -0.25) is 14.9 Å². The minimum absolute atomic E-state index is 0.00640. The van der Waals surface area contributed by atoms with Gasteiger partial charge in [-0.2, -0.15) is 5.10 Å². The summed E-state index contributed by atoms with van der Waals surface area (Å²) in [7, 11) is 0. The number of nitrogens with zero attached hydrogens (tertiary/aromatic N) is 6. The third-order valence-electron chi connectivity index (χ3n) is 6.37. The second kappa shape index (κ2) is 10.5. The summed E-state index contributed by atoms with van der Waals surface area (Å²) in [5, 5.41) is 27.4. The number of nitro groups is 1. The molecule has 10 heteroatoms. The monoisotopic (exact) mass is 485 g/mol. The van der Waals surface area contributed by atoms with Crippen molar-refractivity contribution in [1.29, 1.82) is 0 Å². The van der Waals surface area contributed by atoms with Crippen molar-refractivity contribution in [2.45, 2.75) is 45.1 Å². The number of amides is 1. The van der Waals surface area contributed by atoms with Crippen LogP contribution in [0, 0.1) is 10.1 Å². The fourth-order valence-corrected chi connectivity index (χ4v) is 4.52. The molecule has 1 amide bonds. The molecule has 2 aromatic heterocycles. The highest BCUT2D eigenvalue weighted by molar-refractivity contribution is 5.81. The standard InChI is InChI=1S/C26H27N7O3/c34-25(27-15-14-24-29-28-23-9-5-2-6-16-31(23)24)17-20-18-32(21-7-3-1-4-8-21)30-26(20)19-10-12-22(13-11-19)33(35)36/h1,3-4,7-8,10-13,18H,2,5-6,9,14-17H2,(H,27,34). The van der Waals surface area contributed by atoms with E-state index in [9.17, 15) is 14.9 Å². The van der Waals surface area contributed by atoms with E-state index in [1.54, 1.807) is 16.8 Å². The van der Waals surface area contributed by atoms with Crippen LogP contribution >= 0.6 is 0 Å². The Kier molecular flexibility index (Phi) is 6.83. The highest BCUT2D eigenvalue weighted by atomic mass is 16.6. The van der Waals surface area contributed by atoms with Gasteiger partial charge >= 0.3 is 0 Å². The molecule has 0 fully saturated rings. The molecule has 0 unspecified atom stereocenters. The molecule has 0 saturated carbocycles. The summed E-state index contributed by atoms with van der Waals surface area (Å²) in [6.45, 7) is 1.40. The fraction of sp³-hybridized carbons (Fsp3) is 0.308. The van der Waals surface area contributed by atoms with Gasteiger partial charge in [-0.1, -0.05) is 24.6 Å². The van der Waals surface area contributed by atoms with E-state index in [-0.39, 0.29) is 18.0 Å².